The molecule has 9 heteroatoms. The fourth-order valence-electron chi connectivity index (χ4n) is 4.34. The van der Waals surface area contributed by atoms with Crippen molar-refractivity contribution in [2.45, 2.75) is 26.7 Å². The van der Waals surface area contributed by atoms with Gasteiger partial charge in [-0.2, -0.15) is 0 Å². The minimum Gasteiger partial charge on any atom is -0.480 e. The largest absolute Gasteiger partial charge is 0.480 e. The van der Waals surface area contributed by atoms with Crippen LogP contribution >= 0.6 is 11.3 Å². The van der Waals surface area contributed by atoms with Crippen molar-refractivity contribution in [1.29, 1.82) is 0 Å². The molecule has 2 amide bonds. The van der Waals surface area contributed by atoms with Crippen molar-refractivity contribution >= 4 is 34.4 Å². The quantitative estimate of drug-likeness (QED) is 0.457. The number of rotatable bonds is 8. The molecule has 1 heterocycles. The molecule has 0 spiro atoms. The van der Waals surface area contributed by atoms with Gasteiger partial charge in [-0.25, -0.2) is 9.78 Å². The number of carboxylic acids is 1. The average Bonchev–Trinajstić information content (AvgIpc) is 3.33. The highest BCUT2D eigenvalue weighted by Gasteiger charge is 2.29. The van der Waals surface area contributed by atoms with Gasteiger partial charge in [0.05, 0.1) is 5.69 Å². The van der Waals surface area contributed by atoms with Crippen molar-refractivity contribution in [3.05, 3.63) is 70.2 Å². The van der Waals surface area contributed by atoms with Crippen LogP contribution in [-0.2, 0) is 9.53 Å². The molecule has 2 aromatic carbocycles. The Morgan fingerprint density at radius 3 is 2.26 bits per heavy atom. The number of carbonyl (C=O) groups excluding carboxylic acids is 2. The first kappa shape index (κ1) is 24.4. The summed E-state index contributed by atoms with van der Waals surface area (Å²) in [6, 6.07) is 16.2. The van der Waals surface area contributed by atoms with Crippen LogP contribution in [0.15, 0.2) is 48.5 Å². The number of benzene rings is 2. The number of carboxylic acid groups (broad SMARTS) is 1. The van der Waals surface area contributed by atoms with E-state index in [4.69, 9.17) is 4.74 Å². The van der Waals surface area contributed by atoms with E-state index in [1.807, 2.05) is 50.2 Å². The Bertz CT molecular complexity index is 1220. The summed E-state index contributed by atoms with van der Waals surface area (Å²) in [7, 11) is 0. The number of nitrogens with one attached hydrogen (secondary N) is 1. The Kier molecular flexibility index (Phi) is 7.16. The molecule has 182 valence electrons. The molecule has 3 aromatic rings. The van der Waals surface area contributed by atoms with Crippen molar-refractivity contribution in [1.82, 2.24) is 9.88 Å². The SMILES string of the molecule is Cc1nc(NC(=O)OCC2c3ccccc3-c3ccccc32)sc1C(=O)N(CC(=O)O)CC(C)C. The zero-order valence-corrected chi connectivity index (χ0v) is 20.6. The van der Waals surface area contributed by atoms with Crippen molar-refractivity contribution in [3.8, 4) is 11.1 Å². The number of nitrogens with zero attached hydrogens (tertiary/aromatic N) is 2. The third kappa shape index (κ3) is 5.35. The van der Waals surface area contributed by atoms with Gasteiger partial charge in [0.1, 0.15) is 18.0 Å². The molecule has 0 atom stereocenters. The van der Waals surface area contributed by atoms with Gasteiger partial charge in [0, 0.05) is 12.5 Å². The van der Waals surface area contributed by atoms with E-state index in [2.05, 4.69) is 22.4 Å². The lowest BCUT2D eigenvalue weighted by molar-refractivity contribution is -0.137. The number of ether oxygens (including phenoxy) is 1. The molecule has 0 radical (unpaired) electrons. The molecule has 8 nitrogen and oxygen atoms in total. The van der Waals surface area contributed by atoms with Gasteiger partial charge in [0.2, 0.25) is 0 Å². The summed E-state index contributed by atoms with van der Waals surface area (Å²) >= 11 is 1.01. The number of hydrogen-bond acceptors (Lipinski definition) is 6. The fraction of sp³-hybridized carbons (Fsp3) is 0.308. The number of fused-ring (bicyclic) bond motifs is 3. The molecule has 35 heavy (non-hydrogen) atoms. The smallest absolute Gasteiger partial charge is 0.413 e. The van der Waals surface area contributed by atoms with Crippen molar-refractivity contribution < 1.29 is 24.2 Å². The number of carbonyl (C=O) groups is 3. The molecule has 0 fully saturated rings. The molecule has 1 aliphatic carbocycles. The summed E-state index contributed by atoms with van der Waals surface area (Å²) in [5.41, 5.74) is 4.94. The Labute approximate surface area is 207 Å². The molecule has 4 rings (SSSR count). The van der Waals surface area contributed by atoms with Gasteiger partial charge in [-0.05, 0) is 35.1 Å². The van der Waals surface area contributed by atoms with Crippen molar-refractivity contribution in [2.24, 2.45) is 5.92 Å². The van der Waals surface area contributed by atoms with Crippen molar-refractivity contribution in [2.75, 3.05) is 25.0 Å². The maximum atomic E-state index is 13.0. The monoisotopic (exact) mass is 493 g/mol. The predicted octanol–water partition coefficient (Wildman–Crippen LogP) is 5.00. The third-order valence-electron chi connectivity index (χ3n) is 5.74. The van der Waals surface area contributed by atoms with E-state index in [9.17, 15) is 19.5 Å². The first-order valence-electron chi connectivity index (χ1n) is 11.3. The number of thiazole rings is 1. The minimum atomic E-state index is -1.09. The molecule has 0 unspecified atom stereocenters. The summed E-state index contributed by atoms with van der Waals surface area (Å²) in [4.78, 5) is 42.6. The number of hydrogen-bond donors (Lipinski definition) is 2. The molecule has 2 N–H and O–H groups in total. The average molecular weight is 494 g/mol. The molecule has 0 aliphatic heterocycles. The molecular weight excluding hydrogens is 466 g/mol. The standard InChI is InChI=1S/C26H27N3O5S/c1-15(2)12-29(13-22(30)31)24(32)23-16(3)27-25(35-23)28-26(33)34-14-21-19-10-6-4-8-17(19)18-9-5-7-11-20(18)21/h4-11,15,21H,12-14H2,1-3H3,(H,30,31)(H,27,28,33). The van der Waals surface area contributed by atoms with E-state index >= 15 is 0 Å². The first-order chi connectivity index (χ1) is 16.7. The fourth-order valence-corrected chi connectivity index (χ4v) is 5.26. The molecule has 0 saturated heterocycles. The van der Waals surface area contributed by atoms with Gasteiger partial charge in [-0.1, -0.05) is 73.7 Å². The summed E-state index contributed by atoms with van der Waals surface area (Å²) in [6.45, 7) is 5.54. The van der Waals surface area contributed by atoms with Gasteiger partial charge in [-0.3, -0.25) is 14.9 Å². The minimum absolute atomic E-state index is 0.0658. The molecule has 0 bridgehead atoms. The summed E-state index contributed by atoms with van der Waals surface area (Å²) in [6.07, 6.45) is -0.663. The number of aromatic nitrogens is 1. The van der Waals surface area contributed by atoms with Gasteiger partial charge in [0.25, 0.3) is 5.91 Å². The van der Waals surface area contributed by atoms with E-state index in [1.165, 1.54) is 4.90 Å². The number of amides is 2. The van der Waals surface area contributed by atoms with Crippen LogP contribution in [0.25, 0.3) is 11.1 Å². The highest BCUT2D eigenvalue weighted by Crippen LogP contribution is 2.44. The number of aliphatic carboxylic acids is 1. The molecule has 0 saturated carbocycles. The van der Waals surface area contributed by atoms with Crippen LogP contribution < -0.4 is 5.32 Å². The molecule has 1 aliphatic rings. The second-order valence-electron chi connectivity index (χ2n) is 8.86. The highest BCUT2D eigenvalue weighted by molar-refractivity contribution is 7.17. The third-order valence-corrected chi connectivity index (χ3v) is 6.80. The normalized spacial score (nSPS) is 12.2. The number of aryl methyl sites for hydroxylation is 1. The van der Waals surface area contributed by atoms with Crippen LogP contribution in [0.1, 0.15) is 46.3 Å². The molecule has 1 aromatic heterocycles. The van der Waals surface area contributed by atoms with Crippen LogP contribution in [0.2, 0.25) is 0 Å². The van der Waals surface area contributed by atoms with Gasteiger partial charge < -0.3 is 14.7 Å². The Morgan fingerprint density at radius 1 is 1.09 bits per heavy atom. The van der Waals surface area contributed by atoms with Crippen LogP contribution in [0.3, 0.4) is 0 Å². The van der Waals surface area contributed by atoms with Gasteiger partial charge in [0.15, 0.2) is 5.13 Å². The maximum Gasteiger partial charge on any atom is 0.413 e. The first-order valence-corrected chi connectivity index (χ1v) is 12.2. The van der Waals surface area contributed by atoms with Crippen molar-refractivity contribution in [3.63, 3.8) is 0 Å². The zero-order valence-electron chi connectivity index (χ0n) is 19.8. The van der Waals surface area contributed by atoms with Crippen LogP contribution in [0, 0.1) is 12.8 Å². The lowest BCUT2D eigenvalue weighted by atomic mass is 9.98. The van der Waals surface area contributed by atoms with Gasteiger partial charge >= 0.3 is 12.1 Å². The van der Waals surface area contributed by atoms with Crippen LogP contribution in [0.4, 0.5) is 9.93 Å². The van der Waals surface area contributed by atoms with Crippen LogP contribution in [0.5, 0.6) is 0 Å². The zero-order chi connectivity index (χ0) is 25.1. The van der Waals surface area contributed by atoms with E-state index in [1.54, 1.807) is 6.92 Å². The summed E-state index contributed by atoms with van der Waals surface area (Å²) in [5.74, 6) is -1.47. The van der Waals surface area contributed by atoms with E-state index < -0.39 is 24.5 Å². The summed E-state index contributed by atoms with van der Waals surface area (Å²) < 4.78 is 5.55. The Hall–Kier alpha value is -3.72. The second-order valence-corrected chi connectivity index (χ2v) is 9.86. The topological polar surface area (TPSA) is 109 Å². The molecular formula is C26H27N3O5S. The van der Waals surface area contributed by atoms with E-state index in [0.717, 1.165) is 33.6 Å². The van der Waals surface area contributed by atoms with Gasteiger partial charge in [-0.15, -0.1) is 0 Å². The highest BCUT2D eigenvalue weighted by atomic mass is 32.1. The van der Waals surface area contributed by atoms with Crippen LogP contribution in [-0.4, -0.2) is 52.7 Å². The van der Waals surface area contributed by atoms with E-state index in [-0.39, 0.29) is 23.6 Å². The lowest BCUT2D eigenvalue weighted by Gasteiger charge is -2.22. The predicted molar refractivity (Wildman–Crippen MR) is 134 cm³/mol. The lowest BCUT2D eigenvalue weighted by Crippen LogP contribution is -2.38. The Morgan fingerprint density at radius 2 is 1.69 bits per heavy atom. The summed E-state index contributed by atoms with van der Waals surface area (Å²) in [5, 5.41) is 12.0. The number of anilines is 1. The Balaban J connectivity index is 1.43. The second kappa shape index (κ2) is 10.3. The van der Waals surface area contributed by atoms with E-state index in [0.29, 0.717) is 17.1 Å². The maximum absolute atomic E-state index is 13.0.